The molecule has 1 rings (SSSR count). The first-order valence-electron chi connectivity index (χ1n) is 6.26. The van der Waals surface area contributed by atoms with Crippen molar-refractivity contribution in [3.8, 4) is 0 Å². The Bertz CT molecular complexity index is 549. The molecule has 0 aliphatic rings. The van der Waals surface area contributed by atoms with Gasteiger partial charge in [0.15, 0.2) is 5.25 Å². The average Bonchev–Trinajstić information content (AvgIpc) is 2.44. The molecule has 2 atom stereocenters. The first-order chi connectivity index (χ1) is 9.25. The fourth-order valence-corrected chi connectivity index (χ4v) is 2.78. The third kappa shape index (κ3) is 5.62. The van der Waals surface area contributed by atoms with Gasteiger partial charge in [0.25, 0.3) is 0 Å². The number of benzene rings is 1. The van der Waals surface area contributed by atoms with Crippen LogP contribution >= 0.6 is 12.4 Å². The number of nitrogens with one attached hydrogen (secondary N) is 1. The summed E-state index contributed by atoms with van der Waals surface area (Å²) in [5.41, 5.74) is 6.75. The summed E-state index contributed by atoms with van der Waals surface area (Å²) < 4.78 is 26.4. The molecule has 6 nitrogen and oxygen atoms in total. The van der Waals surface area contributed by atoms with Crippen LogP contribution in [0, 0.1) is 0 Å². The van der Waals surface area contributed by atoms with Crippen LogP contribution < -0.4 is 10.5 Å². The predicted molar refractivity (Wildman–Crippen MR) is 85.7 cm³/mol. The van der Waals surface area contributed by atoms with Crippen molar-refractivity contribution in [1.82, 2.24) is 9.62 Å². The van der Waals surface area contributed by atoms with Crippen molar-refractivity contribution in [3.05, 3.63) is 35.9 Å². The summed E-state index contributed by atoms with van der Waals surface area (Å²) in [5.74, 6) is -0.467. The number of nitrogens with zero attached hydrogens (tertiary/aromatic N) is 1. The minimum absolute atomic E-state index is 0. The van der Waals surface area contributed by atoms with Gasteiger partial charge in [-0.25, -0.2) is 13.1 Å². The Hall–Kier alpha value is -1.15. The fraction of sp³-hybridized carbons (Fsp3) is 0.462. The summed E-state index contributed by atoms with van der Waals surface area (Å²) in [5, 5.41) is -1.14. The van der Waals surface area contributed by atoms with E-state index in [4.69, 9.17) is 5.73 Å². The number of hydrogen-bond acceptors (Lipinski definition) is 4. The zero-order chi connectivity index (χ0) is 15.3. The second kappa shape index (κ2) is 8.33. The molecular weight excluding hydrogens is 314 g/mol. The van der Waals surface area contributed by atoms with E-state index >= 15 is 0 Å². The summed E-state index contributed by atoms with van der Waals surface area (Å²) in [6.07, 6.45) is 0. The molecule has 0 spiro atoms. The molecule has 3 N–H and O–H groups in total. The Kier molecular flexibility index (Phi) is 7.87. The molecule has 0 heterocycles. The molecule has 0 radical (unpaired) electrons. The Labute approximate surface area is 132 Å². The Morgan fingerprint density at radius 1 is 1.29 bits per heavy atom. The smallest absolute Gasteiger partial charge is 0.241 e. The number of rotatable bonds is 6. The zero-order valence-corrected chi connectivity index (χ0v) is 13.9. The maximum absolute atomic E-state index is 12.0. The van der Waals surface area contributed by atoms with Crippen molar-refractivity contribution in [2.75, 3.05) is 20.6 Å². The van der Waals surface area contributed by atoms with E-state index < -0.39 is 27.2 Å². The molecule has 0 aliphatic heterocycles. The predicted octanol–water partition coefficient (Wildman–Crippen LogP) is 0.504. The lowest BCUT2D eigenvalue weighted by Crippen LogP contribution is -2.44. The molecule has 2 unspecified atom stereocenters. The van der Waals surface area contributed by atoms with Gasteiger partial charge in [-0.05, 0) is 12.5 Å². The van der Waals surface area contributed by atoms with Crippen LogP contribution in [-0.4, -0.2) is 45.1 Å². The van der Waals surface area contributed by atoms with Gasteiger partial charge in [-0.3, -0.25) is 4.79 Å². The molecule has 0 saturated heterocycles. The summed E-state index contributed by atoms with van der Waals surface area (Å²) in [6.45, 7) is 1.41. The largest absolute Gasteiger partial charge is 0.348 e. The van der Waals surface area contributed by atoms with Gasteiger partial charge in [0.1, 0.15) is 0 Å². The highest BCUT2D eigenvalue weighted by Crippen LogP contribution is 2.09. The summed E-state index contributed by atoms with van der Waals surface area (Å²) >= 11 is 0. The first kappa shape index (κ1) is 19.9. The van der Waals surface area contributed by atoms with Gasteiger partial charge in [0.2, 0.25) is 15.9 Å². The lowest BCUT2D eigenvalue weighted by atomic mass is 10.1. The minimum Gasteiger partial charge on any atom is -0.348 e. The molecular formula is C13H22ClN3O3S. The highest BCUT2D eigenvalue weighted by molar-refractivity contribution is 7.90. The molecule has 1 amide bonds. The van der Waals surface area contributed by atoms with Gasteiger partial charge in [-0.2, -0.15) is 0 Å². The molecule has 0 saturated carbocycles. The van der Waals surface area contributed by atoms with E-state index in [1.807, 2.05) is 30.3 Å². The number of halogens is 1. The highest BCUT2D eigenvalue weighted by atomic mass is 35.5. The third-order valence-electron chi connectivity index (χ3n) is 2.99. The van der Waals surface area contributed by atoms with Gasteiger partial charge >= 0.3 is 0 Å². The number of sulfonamides is 1. The SMILES string of the molecule is CC(C(=O)N(C)C)S(=O)(=O)NCC(N)c1ccccc1.Cl. The van der Waals surface area contributed by atoms with Crippen LogP contribution in [0.2, 0.25) is 0 Å². The van der Waals surface area contributed by atoms with E-state index in [2.05, 4.69) is 4.72 Å². The number of hydrogen-bond donors (Lipinski definition) is 2. The molecule has 0 bridgehead atoms. The molecule has 21 heavy (non-hydrogen) atoms. The van der Waals surface area contributed by atoms with E-state index in [0.717, 1.165) is 5.56 Å². The number of amides is 1. The number of nitrogens with two attached hydrogens (primary N) is 1. The van der Waals surface area contributed by atoms with Crippen molar-refractivity contribution < 1.29 is 13.2 Å². The Morgan fingerprint density at radius 2 is 1.81 bits per heavy atom. The normalized spacial score (nSPS) is 13.9. The van der Waals surface area contributed by atoms with Crippen LogP contribution in [0.4, 0.5) is 0 Å². The minimum atomic E-state index is -3.73. The molecule has 8 heteroatoms. The topological polar surface area (TPSA) is 92.5 Å². The first-order valence-corrected chi connectivity index (χ1v) is 7.80. The van der Waals surface area contributed by atoms with Gasteiger partial charge in [0, 0.05) is 26.7 Å². The summed E-state index contributed by atoms with van der Waals surface area (Å²) in [4.78, 5) is 12.9. The van der Waals surface area contributed by atoms with Gasteiger partial charge in [-0.1, -0.05) is 30.3 Å². The lowest BCUT2D eigenvalue weighted by Gasteiger charge is -2.19. The highest BCUT2D eigenvalue weighted by Gasteiger charge is 2.29. The summed E-state index contributed by atoms with van der Waals surface area (Å²) in [7, 11) is -0.693. The molecule has 0 fully saturated rings. The standard InChI is InChI=1S/C13H21N3O3S.ClH/c1-10(13(17)16(2)3)20(18,19)15-9-12(14)11-7-5-4-6-8-11;/h4-8,10,12,15H,9,14H2,1-3H3;1H. The van der Waals surface area contributed by atoms with Gasteiger partial charge in [-0.15, -0.1) is 12.4 Å². The van der Waals surface area contributed by atoms with Crippen LogP contribution in [0.15, 0.2) is 30.3 Å². The quantitative estimate of drug-likeness (QED) is 0.792. The van der Waals surface area contributed by atoms with Crippen molar-refractivity contribution in [2.45, 2.75) is 18.2 Å². The van der Waals surface area contributed by atoms with Crippen molar-refractivity contribution in [2.24, 2.45) is 5.73 Å². The molecule has 120 valence electrons. The van der Waals surface area contributed by atoms with E-state index in [1.54, 1.807) is 0 Å². The maximum atomic E-state index is 12.0. The van der Waals surface area contributed by atoms with E-state index in [1.165, 1.54) is 25.9 Å². The van der Waals surface area contributed by atoms with Crippen LogP contribution in [0.3, 0.4) is 0 Å². The Balaban J connectivity index is 0.00000400. The van der Waals surface area contributed by atoms with Gasteiger partial charge in [0.05, 0.1) is 0 Å². The monoisotopic (exact) mass is 335 g/mol. The zero-order valence-electron chi connectivity index (χ0n) is 12.3. The average molecular weight is 336 g/mol. The second-order valence-electron chi connectivity index (χ2n) is 4.79. The molecule has 1 aromatic carbocycles. The van der Waals surface area contributed by atoms with Crippen LogP contribution in [0.25, 0.3) is 0 Å². The van der Waals surface area contributed by atoms with Crippen LogP contribution in [0.1, 0.15) is 18.5 Å². The second-order valence-corrected chi connectivity index (χ2v) is 6.87. The number of carbonyl (C=O) groups is 1. The van der Waals surface area contributed by atoms with Crippen LogP contribution in [-0.2, 0) is 14.8 Å². The maximum Gasteiger partial charge on any atom is 0.241 e. The Morgan fingerprint density at radius 3 is 2.29 bits per heavy atom. The summed E-state index contributed by atoms with van der Waals surface area (Å²) in [6, 6.07) is 8.73. The van der Waals surface area contributed by atoms with Gasteiger partial charge < -0.3 is 10.6 Å². The van der Waals surface area contributed by atoms with Crippen LogP contribution in [0.5, 0.6) is 0 Å². The third-order valence-corrected chi connectivity index (χ3v) is 4.69. The molecule has 0 aliphatic carbocycles. The van der Waals surface area contributed by atoms with Crippen molar-refractivity contribution >= 4 is 28.3 Å². The fourth-order valence-electron chi connectivity index (χ4n) is 1.65. The molecule has 0 aromatic heterocycles. The molecule has 1 aromatic rings. The lowest BCUT2D eigenvalue weighted by molar-refractivity contribution is -0.127. The van der Waals surface area contributed by atoms with Crippen molar-refractivity contribution in [3.63, 3.8) is 0 Å². The number of carbonyl (C=O) groups excluding carboxylic acids is 1. The van der Waals surface area contributed by atoms with Crippen molar-refractivity contribution in [1.29, 1.82) is 0 Å². The van der Waals surface area contributed by atoms with E-state index in [9.17, 15) is 13.2 Å². The van der Waals surface area contributed by atoms with E-state index in [0.29, 0.717) is 0 Å². The van der Waals surface area contributed by atoms with E-state index in [-0.39, 0.29) is 19.0 Å².